The van der Waals surface area contributed by atoms with E-state index in [4.69, 9.17) is 4.74 Å². The van der Waals surface area contributed by atoms with Crippen LogP contribution in [0.15, 0.2) is 47.8 Å². The number of benzene rings is 2. The Bertz CT molecular complexity index is 1450. The zero-order valence-corrected chi connectivity index (χ0v) is 22.3. The van der Waals surface area contributed by atoms with Gasteiger partial charge < -0.3 is 10.1 Å². The maximum absolute atomic E-state index is 12.7. The van der Waals surface area contributed by atoms with Crippen LogP contribution in [-0.2, 0) is 16.0 Å². The van der Waals surface area contributed by atoms with Gasteiger partial charge in [0.2, 0.25) is 5.91 Å². The molecule has 0 aliphatic carbocycles. The van der Waals surface area contributed by atoms with Gasteiger partial charge in [-0.3, -0.25) is 29.4 Å². The predicted octanol–water partition coefficient (Wildman–Crippen LogP) is 5.47. The van der Waals surface area contributed by atoms with Crippen LogP contribution in [0.2, 0.25) is 0 Å². The van der Waals surface area contributed by atoms with Gasteiger partial charge >= 0.3 is 5.97 Å². The summed E-state index contributed by atoms with van der Waals surface area (Å²) in [6.07, 6.45) is 2.55. The Labute approximate surface area is 228 Å². The Morgan fingerprint density at radius 3 is 2.44 bits per heavy atom. The van der Waals surface area contributed by atoms with Crippen LogP contribution in [0.4, 0.5) is 10.7 Å². The second-order valence-electron chi connectivity index (χ2n) is 8.97. The Morgan fingerprint density at radius 1 is 1.03 bits per heavy atom. The molecule has 1 aromatic heterocycles. The molecule has 0 atom stereocenters. The summed E-state index contributed by atoms with van der Waals surface area (Å²) in [5, 5.41) is 16.3. The van der Waals surface area contributed by atoms with E-state index in [9.17, 15) is 29.3 Å². The number of fused-ring (bicyclic) bond motifs is 1. The van der Waals surface area contributed by atoms with Crippen molar-refractivity contribution < 1.29 is 28.8 Å². The van der Waals surface area contributed by atoms with E-state index in [2.05, 4.69) is 12.2 Å². The Balaban J connectivity index is 1.32. The van der Waals surface area contributed by atoms with Gasteiger partial charge in [0.05, 0.1) is 17.6 Å². The largest absolute Gasteiger partial charge is 0.465 e. The van der Waals surface area contributed by atoms with Gasteiger partial charge in [-0.05, 0) is 36.5 Å². The second kappa shape index (κ2) is 12.0. The number of amides is 3. The van der Waals surface area contributed by atoms with Gasteiger partial charge in [-0.1, -0.05) is 43.7 Å². The van der Waals surface area contributed by atoms with Gasteiger partial charge in [0.15, 0.2) is 0 Å². The van der Waals surface area contributed by atoms with Crippen molar-refractivity contribution in [2.75, 3.05) is 19.0 Å². The molecule has 0 spiro atoms. The topological polar surface area (TPSA) is 136 Å². The first-order valence-electron chi connectivity index (χ1n) is 12.5. The van der Waals surface area contributed by atoms with E-state index < -0.39 is 22.7 Å². The molecule has 39 heavy (non-hydrogen) atoms. The third kappa shape index (κ3) is 5.73. The molecule has 0 bridgehead atoms. The minimum atomic E-state index is -0.673. The van der Waals surface area contributed by atoms with Crippen LogP contribution < -0.4 is 5.32 Å². The molecule has 0 fully saturated rings. The molecule has 0 saturated heterocycles. The summed E-state index contributed by atoms with van der Waals surface area (Å²) in [7, 11) is 1.29. The van der Waals surface area contributed by atoms with Crippen molar-refractivity contribution in [1.82, 2.24) is 4.90 Å². The summed E-state index contributed by atoms with van der Waals surface area (Å²) in [5.74, 6) is -2.04. The molecule has 3 amide bonds. The molecular formula is C28H27N3O7S. The van der Waals surface area contributed by atoms with Crippen LogP contribution in [-0.4, -0.2) is 47.2 Å². The molecule has 4 rings (SSSR count). The Hall–Kier alpha value is -4.38. The molecule has 3 aromatic rings. The van der Waals surface area contributed by atoms with Crippen LogP contribution in [0, 0.1) is 10.1 Å². The van der Waals surface area contributed by atoms with Gasteiger partial charge in [-0.2, -0.15) is 0 Å². The molecular weight excluding hydrogens is 522 g/mol. The SMILES string of the molecule is CCc1ccc(-c2csc(NC(=O)CCCCCN3C(=O)c4cccc([N+](=O)[O-])c4C3=O)c2C(=O)OC)cc1. The first kappa shape index (κ1) is 27.6. The number of nitro benzene ring substituents is 1. The number of imide groups is 1. The number of nitro groups is 1. The number of rotatable bonds is 11. The molecule has 0 radical (unpaired) electrons. The quantitative estimate of drug-likeness (QED) is 0.110. The van der Waals surface area contributed by atoms with E-state index in [0.717, 1.165) is 16.9 Å². The maximum atomic E-state index is 12.7. The van der Waals surface area contributed by atoms with Crippen molar-refractivity contribution >= 4 is 45.7 Å². The number of methoxy groups -OCH3 is 1. The van der Waals surface area contributed by atoms with E-state index in [1.807, 2.05) is 29.6 Å². The van der Waals surface area contributed by atoms with Crippen LogP contribution in [0.5, 0.6) is 0 Å². The molecule has 10 nitrogen and oxygen atoms in total. The lowest BCUT2D eigenvalue weighted by Crippen LogP contribution is -2.30. The third-order valence-electron chi connectivity index (χ3n) is 6.57. The average molecular weight is 550 g/mol. The van der Waals surface area contributed by atoms with Crippen molar-refractivity contribution in [3.63, 3.8) is 0 Å². The van der Waals surface area contributed by atoms with Crippen molar-refractivity contribution in [2.45, 2.75) is 39.0 Å². The molecule has 202 valence electrons. The first-order valence-corrected chi connectivity index (χ1v) is 13.4. The minimum absolute atomic E-state index is 0.0339. The summed E-state index contributed by atoms with van der Waals surface area (Å²) in [5.41, 5.74) is 2.49. The second-order valence-corrected chi connectivity index (χ2v) is 9.85. The van der Waals surface area contributed by atoms with E-state index in [1.165, 1.54) is 42.2 Å². The molecule has 2 aromatic carbocycles. The number of thiophene rings is 1. The summed E-state index contributed by atoms with van der Waals surface area (Å²) < 4.78 is 4.97. The molecule has 11 heteroatoms. The number of nitrogens with one attached hydrogen (secondary N) is 1. The molecule has 1 aliphatic rings. The van der Waals surface area contributed by atoms with Gasteiger partial charge in [-0.25, -0.2) is 4.79 Å². The number of aryl methyl sites for hydroxylation is 1. The minimum Gasteiger partial charge on any atom is -0.465 e. The number of nitrogens with zero attached hydrogens (tertiary/aromatic N) is 2. The standard InChI is InChI=1S/C28H27N3O7S/c1-3-17-11-13-18(14-12-17)20-16-39-25(24(20)28(35)38-2)29-22(32)10-5-4-6-15-30-26(33)19-8-7-9-21(31(36)37)23(19)27(30)34/h7-9,11-14,16H,3-6,10,15H2,1-2H3,(H,29,32). The fourth-order valence-corrected chi connectivity index (χ4v) is 5.45. The number of hydrogen-bond donors (Lipinski definition) is 1. The summed E-state index contributed by atoms with van der Waals surface area (Å²) in [6, 6.07) is 11.9. The number of ether oxygens (including phenoxy) is 1. The zero-order chi connectivity index (χ0) is 28.1. The van der Waals surface area contributed by atoms with Crippen LogP contribution in [0.1, 0.15) is 69.2 Å². The highest BCUT2D eigenvalue weighted by atomic mass is 32.1. The van der Waals surface area contributed by atoms with Gasteiger partial charge in [0, 0.05) is 30.0 Å². The summed E-state index contributed by atoms with van der Waals surface area (Å²) >= 11 is 1.25. The molecule has 1 N–H and O–H groups in total. The number of carbonyl (C=O) groups is 4. The fraction of sp³-hybridized carbons (Fsp3) is 0.286. The average Bonchev–Trinajstić information content (AvgIpc) is 3.46. The molecule has 0 saturated carbocycles. The lowest BCUT2D eigenvalue weighted by molar-refractivity contribution is -0.385. The van der Waals surface area contributed by atoms with E-state index in [-0.39, 0.29) is 35.7 Å². The molecule has 2 heterocycles. The highest BCUT2D eigenvalue weighted by Gasteiger charge is 2.40. The van der Waals surface area contributed by atoms with Crippen LogP contribution in [0.25, 0.3) is 11.1 Å². The zero-order valence-electron chi connectivity index (χ0n) is 21.5. The highest BCUT2D eigenvalue weighted by molar-refractivity contribution is 7.15. The van der Waals surface area contributed by atoms with E-state index in [1.54, 1.807) is 0 Å². The number of carbonyl (C=O) groups excluding carboxylic acids is 4. The van der Waals surface area contributed by atoms with Gasteiger partial charge in [0.1, 0.15) is 16.1 Å². The van der Waals surface area contributed by atoms with E-state index >= 15 is 0 Å². The van der Waals surface area contributed by atoms with Crippen molar-refractivity contribution in [3.05, 3.63) is 80.2 Å². The van der Waals surface area contributed by atoms with Crippen LogP contribution in [0.3, 0.4) is 0 Å². The Morgan fingerprint density at radius 2 is 1.77 bits per heavy atom. The smallest absolute Gasteiger partial charge is 0.341 e. The Kier molecular flexibility index (Phi) is 8.50. The van der Waals surface area contributed by atoms with Gasteiger partial charge in [-0.15, -0.1) is 11.3 Å². The van der Waals surface area contributed by atoms with E-state index in [0.29, 0.717) is 35.4 Å². The molecule has 1 aliphatic heterocycles. The summed E-state index contributed by atoms with van der Waals surface area (Å²) in [4.78, 5) is 62.0. The van der Waals surface area contributed by atoms with Crippen molar-refractivity contribution in [1.29, 1.82) is 0 Å². The van der Waals surface area contributed by atoms with Crippen molar-refractivity contribution in [2.24, 2.45) is 0 Å². The lowest BCUT2D eigenvalue weighted by Gasteiger charge is -2.13. The fourth-order valence-electron chi connectivity index (χ4n) is 4.48. The monoisotopic (exact) mass is 549 g/mol. The van der Waals surface area contributed by atoms with Crippen molar-refractivity contribution in [3.8, 4) is 11.1 Å². The predicted molar refractivity (Wildman–Crippen MR) is 146 cm³/mol. The first-order chi connectivity index (χ1) is 18.8. The highest BCUT2D eigenvalue weighted by Crippen LogP contribution is 2.36. The normalized spacial score (nSPS) is 12.4. The van der Waals surface area contributed by atoms with Crippen LogP contribution >= 0.6 is 11.3 Å². The third-order valence-corrected chi connectivity index (χ3v) is 7.46. The molecule has 0 unspecified atom stereocenters. The number of esters is 1. The van der Waals surface area contributed by atoms with Gasteiger partial charge in [0.25, 0.3) is 17.5 Å². The maximum Gasteiger partial charge on any atom is 0.341 e. The lowest BCUT2D eigenvalue weighted by atomic mass is 10.0. The number of anilines is 1. The number of hydrogen-bond acceptors (Lipinski definition) is 8. The summed E-state index contributed by atoms with van der Waals surface area (Å²) in [6.45, 7) is 2.16. The number of unbranched alkanes of at least 4 members (excludes halogenated alkanes) is 2.